The van der Waals surface area contributed by atoms with E-state index in [-0.39, 0.29) is 5.91 Å². The van der Waals surface area contributed by atoms with Crippen molar-refractivity contribution in [2.45, 2.75) is 38.8 Å². The van der Waals surface area contributed by atoms with E-state index < -0.39 is 0 Å². The zero-order chi connectivity index (χ0) is 26.9. The van der Waals surface area contributed by atoms with Crippen LogP contribution in [0, 0.1) is 0 Å². The van der Waals surface area contributed by atoms with Gasteiger partial charge in [0.25, 0.3) is 0 Å². The number of nitrogens with zero attached hydrogens (tertiary/aromatic N) is 5. The number of ether oxygens (including phenoxy) is 3. The second kappa shape index (κ2) is 14.0. The van der Waals surface area contributed by atoms with Crippen LogP contribution in [-0.2, 0) is 16.1 Å². The van der Waals surface area contributed by atoms with Gasteiger partial charge in [0.2, 0.25) is 5.91 Å². The number of amides is 1. The van der Waals surface area contributed by atoms with E-state index in [4.69, 9.17) is 14.2 Å². The molecule has 0 bridgehead atoms. The van der Waals surface area contributed by atoms with E-state index in [0.29, 0.717) is 45.4 Å². The molecule has 0 N–H and O–H groups in total. The summed E-state index contributed by atoms with van der Waals surface area (Å²) >= 11 is 0. The Morgan fingerprint density at radius 2 is 1.92 bits per heavy atom. The van der Waals surface area contributed by atoms with Crippen LogP contribution in [0.1, 0.15) is 31.7 Å². The Hall–Kier alpha value is -2.88. The number of hydrogen-bond donors (Lipinski definition) is 0. The van der Waals surface area contributed by atoms with Crippen molar-refractivity contribution >= 4 is 11.7 Å². The van der Waals surface area contributed by atoms with Gasteiger partial charge in [-0.15, -0.1) is 0 Å². The number of piperazine rings is 1. The lowest BCUT2D eigenvalue weighted by Gasteiger charge is -2.36. The van der Waals surface area contributed by atoms with Crippen LogP contribution >= 0.6 is 0 Å². The number of rotatable bonds is 6. The van der Waals surface area contributed by atoms with E-state index >= 15 is 0 Å². The van der Waals surface area contributed by atoms with Crippen molar-refractivity contribution in [3.63, 3.8) is 0 Å². The molecule has 2 saturated heterocycles. The van der Waals surface area contributed by atoms with Gasteiger partial charge in [-0.3, -0.25) is 14.6 Å². The molecule has 1 atom stereocenters. The SMILES string of the molecule is CCOc1cccc2c1OCCOCCN(C(=O)CCN1CCN(c3ccccn3)CC1)C[C@@H]1CCCN1C2. The number of benzene rings is 1. The van der Waals surface area contributed by atoms with Crippen molar-refractivity contribution in [2.75, 3.05) is 83.7 Å². The Kier molecular flexibility index (Phi) is 9.91. The third-order valence-corrected chi connectivity index (χ3v) is 7.98. The Bertz CT molecular complexity index is 1050. The monoisotopic (exact) mass is 537 g/mol. The van der Waals surface area contributed by atoms with Crippen LogP contribution in [0.2, 0.25) is 0 Å². The van der Waals surface area contributed by atoms with Gasteiger partial charge in [-0.05, 0) is 44.5 Å². The highest BCUT2D eigenvalue weighted by Crippen LogP contribution is 2.34. The molecule has 9 nitrogen and oxygen atoms in total. The van der Waals surface area contributed by atoms with Crippen molar-refractivity contribution in [3.05, 3.63) is 48.2 Å². The molecule has 0 aliphatic carbocycles. The molecule has 1 amide bonds. The van der Waals surface area contributed by atoms with E-state index in [2.05, 4.69) is 31.8 Å². The Morgan fingerprint density at radius 3 is 2.74 bits per heavy atom. The van der Waals surface area contributed by atoms with Gasteiger partial charge in [-0.25, -0.2) is 4.98 Å². The van der Waals surface area contributed by atoms with Crippen molar-refractivity contribution in [1.29, 1.82) is 0 Å². The molecule has 1 aromatic heterocycles. The van der Waals surface area contributed by atoms with Gasteiger partial charge >= 0.3 is 0 Å². The first-order valence-electron chi connectivity index (χ1n) is 14.6. The number of carbonyl (C=O) groups is 1. The fourth-order valence-corrected chi connectivity index (χ4v) is 5.85. The maximum Gasteiger partial charge on any atom is 0.223 e. The summed E-state index contributed by atoms with van der Waals surface area (Å²) in [6, 6.07) is 12.5. The fourth-order valence-electron chi connectivity index (χ4n) is 5.85. The van der Waals surface area contributed by atoms with Crippen LogP contribution in [0.25, 0.3) is 0 Å². The van der Waals surface area contributed by atoms with Crippen LogP contribution in [-0.4, -0.2) is 110 Å². The molecule has 39 heavy (non-hydrogen) atoms. The van der Waals surface area contributed by atoms with Crippen LogP contribution in [0.4, 0.5) is 5.82 Å². The Labute approximate surface area is 232 Å². The average molecular weight is 538 g/mol. The molecule has 3 aliphatic heterocycles. The molecule has 0 spiro atoms. The summed E-state index contributed by atoms with van der Waals surface area (Å²) in [7, 11) is 0. The van der Waals surface area contributed by atoms with Gasteiger partial charge in [0.05, 0.1) is 19.8 Å². The summed E-state index contributed by atoms with van der Waals surface area (Å²) in [6.07, 6.45) is 4.63. The van der Waals surface area contributed by atoms with Gasteiger partial charge < -0.3 is 24.0 Å². The molecule has 0 radical (unpaired) electrons. The summed E-state index contributed by atoms with van der Waals surface area (Å²) in [5.41, 5.74) is 1.13. The lowest BCUT2D eigenvalue weighted by molar-refractivity contribution is -0.133. The maximum absolute atomic E-state index is 13.5. The summed E-state index contributed by atoms with van der Waals surface area (Å²) in [5.74, 6) is 2.87. The third-order valence-electron chi connectivity index (χ3n) is 7.98. The number of pyridine rings is 1. The Balaban J connectivity index is 1.19. The van der Waals surface area contributed by atoms with E-state index in [9.17, 15) is 4.79 Å². The molecule has 2 aromatic rings. The van der Waals surface area contributed by atoms with E-state index in [1.807, 2.05) is 42.3 Å². The van der Waals surface area contributed by atoms with E-state index in [0.717, 1.165) is 88.1 Å². The number of para-hydroxylation sites is 1. The summed E-state index contributed by atoms with van der Waals surface area (Å²) in [4.78, 5) is 27.2. The maximum atomic E-state index is 13.5. The van der Waals surface area contributed by atoms with E-state index in [1.54, 1.807) is 0 Å². The van der Waals surface area contributed by atoms with Crippen molar-refractivity contribution in [3.8, 4) is 11.5 Å². The second-order valence-electron chi connectivity index (χ2n) is 10.5. The van der Waals surface area contributed by atoms with Crippen LogP contribution in [0.5, 0.6) is 11.5 Å². The quantitative estimate of drug-likeness (QED) is 0.557. The molecule has 3 aliphatic rings. The zero-order valence-corrected chi connectivity index (χ0v) is 23.3. The highest BCUT2D eigenvalue weighted by molar-refractivity contribution is 5.76. The van der Waals surface area contributed by atoms with Crippen molar-refractivity contribution in [2.24, 2.45) is 0 Å². The highest BCUT2D eigenvalue weighted by Gasteiger charge is 2.30. The minimum atomic E-state index is 0.225. The number of carbonyl (C=O) groups excluding carboxylic acids is 1. The lowest BCUT2D eigenvalue weighted by atomic mass is 10.1. The minimum Gasteiger partial charge on any atom is -0.490 e. The predicted octanol–water partition coefficient (Wildman–Crippen LogP) is 2.89. The molecule has 0 saturated carbocycles. The van der Waals surface area contributed by atoms with Crippen LogP contribution in [0.15, 0.2) is 42.6 Å². The minimum absolute atomic E-state index is 0.225. The Morgan fingerprint density at radius 1 is 1.03 bits per heavy atom. The van der Waals surface area contributed by atoms with Crippen LogP contribution < -0.4 is 14.4 Å². The zero-order valence-electron chi connectivity index (χ0n) is 23.3. The molecule has 1 aromatic carbocycles. The number of aromatic nitrogens is 1. The predicted molar refractivity (Wildman–Crippen MR) is 151 cm³/mol. The first-order chi connectivity index (χ1) is 19.2. The van der Waals surface area contributed by atoms with Crippen LogP contribution in [0.3, 0.4) is 0 Å². The van der Waals surface area contributed by atoms with E-state index in [1.165, 1.54) is 0 Å². The average Bonchev–Trinajstić information content (AvgIpc) is 3.41. The fraction of sp³-hybridized carbons (Fsp3) is 0.600. The van der Waals surface area contributed by atoms with Crippen molar-refractivity contribution < 1.29 is 19.0 Å². The normalized spacial score (nSPS) is 21.6. The second-order valence-corrected chi connectivity index (χ2v) is 10.5. The van der Waals surface area contributed by atoms with Gasteiger partial charge in [0.1, 0.15) is 12.4 Å². The largest absolute Gasteiger partial charge is 0.490 e. The molecular formula is C30H43N5O4. The summed E-state index contributed by atoms with van der Waals surface area (Å²) in [6.45, 7) is 11.8. The molecule has 0 unspecified atom stereocenters. The molecule has 2 fully saturated rings. The van der Waals surface area contributed by atoms with Gasteiger partial charge in [-0.2, -0.15) is 0 Å². The first-order valence-corrected chi connectivity index (χ1v) is 14.6. The van der Waals surface area contributed by atoms with Gasteiger partial charge in [0.15, 0.2) is 11.5 Å². The standard InChI is InChI=1S/C30H43N5O4/c1-2-38-27-9-5-7-25-23-34-13-6-8-26(34)24-35(19-20-37-21-22-39-30(25)27)29(36)11-14-32-15-17-33(18-16-32)28-10-3-4-12-31-28/h3-5,7,9-10,12,26H,2,6,8,11,13-24H2,1H3/t26-/m0/s1. The van der Waals surface area contributed by atoms with Gasteiger partial charge in [0, 0.05) is 76.6 Å². The molecule has 212 valence electrons. The van der Waals surface area contributed by atoms with Crippen molar-refractivity contribution in [1.82, 2.24) is 19.7 Å². The van der Waals surface area contributed by atoms with Gasteiger partial charge in [-0.1, -0.05) is 18.2 Å². The number of anilines is 1. The highest BCUT2D eigenvalue weighted by atomic mass is 16.5. The number of fused-ring (bicyclic) bond motifs is 2. The lowest BCUT2D eigenvalue weighted by Crippen LogP contribution is -2.48. The third kappa shape index (κ3) is 7.41. The topological polar surface area (TPSA) is 70.6 Å². The molecule has 4 heterocycles. The first kappa shape index (κ1) is 27.7. The summed E-state index contributed by atoms with van der Waals surface area (Å²) < 4.78 is 18.0. The molecular weight excluding hydrogens is 494 g/mol. The molecule has 9 heteroatoms. The smallest absolute Gasteiger partial charge is 0.223 e. The number of hydrogen-bond acceptors (Lipinski definition) is 8. The summed E-state index contributed by atoms with van der Waals surface area (Å²) in [5, 5.41) is 0. The molecule has 5 rings (SSSR count).